The van der Waals surface area contributed by atoms with Crippen molar-refractivity contribution < 1.29 is 14.3 Å². The van der Waals surface area contributed by atoms with Crippen LogP contribution in [-0.4, -0.2) is 51.5 Å². The van der Waals surface area contributed by atoms with Crippen molar-refractivity contribution in [3.63, 3.8) is 0 Å². The molecule has 2 heterocycles. The first kappa shape index (κ1) is 15.6. The summed E-state index contributed by atoms with van der Waals surface area (Å²) in [4.78, 5) is 12.1. The minimum Gasteiger partial charge on any atom is -0.379 e. The van der Waals surface area contributed by atoms with E-state index in [1.54, 1.807) is 0 Å². The summed E-state index contributed by atoms with van der Waals surface area (Å²) in [6, 6.07) is 9.80. The lowest BCUT2D eigenvalue weighted by molar-refractivity contribution is -0.127. The monoisotopic (exact) mass is 317 g/mol. The van der Waals surface area contributed by atoms with Crippen molar-refractivity contribution in [1.82, 2.24) is 25.5 Å². The van der Waals surface area contributed by atoms with Crippen LogP contribution in [0, 0.1) is 0 Å². The summed E-state index contributed by atoms with van der Waals surface area (Å²) in [6.07, 6.45) is 2.09. The maximum atomic E-state index is 12.1. The van der Waals surface area contributed by atoms with Crippen LogP contribution in [0.2, 0.25) is 0 Å². The van der Waals surface area contributed by atoms with E-state index in [1.165, 1.54) is 11.0 Å². The highest BCUT2D eigenvalue weighted by molar-refractivity contribution is 5.76. The second kappa shape index (κ2) is 7.80. The molecule has 1 aliphatic heterocycles. The Bertz CT molecular complexity index is 605. The summed E-state index contributed by atoms with van der Waals surface area (Å²) in [5.74, 6) is -0.166. The first-order valence-electron chi connectivity index (χ1n) is 7.54. The number of rotatable bonds is 6. The smallest absolute Gasteiger partial charge is 0.242 e. The third kappa shape index (κ3) is 4.57. The summed E-state index contributed by atoms with van der Waals surface area (Å²) >= 11 is 0. The molecule has 1 N–H and O–H groups in total. The van der Waals surface area contributed by atoms with Gasteiger partial charge in [0.2, 0.25) is 5.91 Å². The Kier molecular flexibility index (Phi) is 5.28. The highest BCUT2D eigenvalue weighted by Crippen LogP contribution is 2.14. The summed E-state index contributed by atoms with van der Waals surface area (Å²) < 4.78 is 12.8. The summed E-state index contributed by atoms with van der Waals surface area (Å²) in [7, 11) is 0. The molecule has 0 bridgehead atoms. The molecular formula is C15H19N5O3. The molecule has 1 aromatic carbocycles. The number of amides is 1. The number of aromatic nitrogens is 4. The second-order valence-corrected chi connectivity index (χ2v) is 5.38. The van der Waals surface area contributed by atoms with Crippen LogP contribution >= 0.6 is 0 Å². The van der Waals surface area contributed by atoms with Gasteiger partial charge in [-0.05, 0) is 22.4 Å². The van der Waals surface area contributed by atoms with Gasteiger partial charge in [0.1, 0.15) is 12.9 Å². The van der Waals surface area contributed by atoms with Gasteiger partial charge in [0.25, 0.3) is 0 Å². The first-order chi connectivity index (χ1) is 11.3. The maximum Gasteiger partial charge on any atom is 0.242 e. The van der Waals surface area contributed by atoms with E-state index >= 15 is 0 Å². The Balaban J connectivity index is 1.52. The molecule has 8 heteroatoms. The topological polar surface area (TPSA) is 91.2 Å². The average molecular weight is 317 g/mol. The maximum absolute atomic E-state index is 12.1. The van der Waals surface area contributed by atoms with Gasteiger partial charge in [0, 0.05) is 6.61 Å². The number of hydrogen-bond acceptors (Lipinski definition) is 6. The average Bonchev–Trinajstić information content (AvgIpc) is 3.08. The number of tetrazole rings is 1. The summed E-state index contributed by atoms with van der Waals surface area (Å²) in [5.41, 5.74) is 1.11. The lowest BCUT2D eigenvalue weighted by Crippen LogP contribution is -2.51. The van der Waals surface area contributed by atoms with Gasteiger partial charge in [-0.2, -0.15) is 0 Å². The minimum absolute atomic E-state index is 0.0678. The number of carbonyl (C=O) groups excluding carboxylic acids is 1. The molecule has 1 saturated heterocycles. The molecular weight excluding hydrogens is 298 g/mol. The van der Waals surface area contributed by atoms with Gasteiger partial charge >= 0.3 is 0 Å². The largest absolute Gasteiger partial charge is 0.379 e. The third-order valence-electron chi connectivity index (χ3n) is 3.64. The Morgan fingerprint density at radius 1 is 1.39 bits per heavy atom. The molecule has 122 valence electrons. The van der Waals surface area contributed by atoms with E-state index in [0.29, 0.717) is 19.8 Å². The molecule has 3 rings (SSSR count). The Morgan fingerprint density at radius 2 is 2.26 bits per heavy atom. The first-order valence-corrected chi connectivity index (χ1v) is 7.54. The molecule has 1 amide bonds. The molecule has 0 saturated carbocycles. The molecule has 1 fully saturated rings. The highest BCUT2D eigenvalue weighted by Gasteiger charge is 2.28. The molecule has 2 atom stereocenters. The lowest BCUT2D eigenvalue weighted by Gasteiger charge is -2.32. The van der Waals surface area contributed by atoms with Crippen LogP contribution in [0.3, 0.4) is 0 Å². The molecule has 0 spiro atoms. The van der Waals surface area contributed by atoms with Crippen molar-refractivity contribution in [2.75, 3.05) is 13.2 Å². The number of ether oxygens (including phenoxy) is 2. The van der Waals surface area contributed by atoms with Gasteiger partial charge in [-0.1, -0.05) is 30.3 Å². The number of benzene rings is 1. The minimum atomic E-state index is -0.170. The molecule has 1 aliphatic rings. The predicted molar refractivity (Wildman–Crippen MR) is 80.2 cm³/mol. The fourth-order valence-electron chi connectivity index (χ4n) is 2.48. The van der Waals surface area contributed by atoms with Gasteiger partial charge in [0.15, 0.2) is 0 Å². The Morgan fingerprint density at radius 3 is 3.04 bits per heavy atom. The quantitative estimate of drug-likeness (QED) is 0.816. The molecule has 1 aromatic heterocycles. The van der Waals surface area contributed by atoms with Crippen molar-refractivity contribution in [1.29, 1.82) is 0 Å². The summed E-state index contributed by atoms with van der Waals surface area (Å²) in [6.45, 7) is 1.68. The van der Waals surface area contributed by atoms with Gasteiger partial charge in [-0.3, -0.25) is 4.79 Å². The van der Waals surface area contributed by atoms with Crippen LogP contribution in [0.4, 0.5) is 0 Å². The predicted octanol–water partition coefficient (Wildman–Crippen LogP) is 0.164. The van der Waals surface area contributed by atoms with Gasteiger partial charge in [0.05, 0.1) is 25.4 Å². The van der Waals surface area contributed by atoms with E-state index in [2.05, 4.69) is 20.8 Å². The molecule has 0 radical (unpaired) electrons. The van der Waals surface area contributed by atoms with Crippen LogP contribution in [0.1, 0.15) is 12.0 Å². The van der Waals surface area contributed by atoms with Gasteiger partial charge in [-0.25, -0.2) is 4.68 Å². The fraction of sp³-hybridized carbons (Fsp3) is 0.467. The van der Waals surface area contributed by atoms with Crippen LogP contribution in [0.25, 0.3) is 0 Å². The highest BCUT2D eigenvalue weighted by atomic mass is 16.5. The molecule has 23 heavy (non-hydrogen) atoms. The lowest BCUT2D eigenvalue weighted by atomic mass is 10.1. The van der Waals surface area contributed by atoms with Crippen molar-refractivity contribution in [2.45, 2.75) is 31.7 Å². The van der Waals surface area contributed by atoms with Crippen molar-refractivity contribution >= 4 is 5.91 Å². The number of nitrogens with zero attached hydrogens (tertiary/aromatic N) is 4. The third-order valence-corrected chi connectivity index (χ3v) is 3.64. The zero-order chi connectivity index (χ0) is 15.9. The van der Waals surface area contributed by atoms with Crippen molar-refractivity contribution in [3.8, 4) is 0 Å². The van der Waals surface area contributed by atoms with E-state index in [0.717, 1.165) is 12.0 Å². The van der Waals surface area contributed by atoms with E-state index in [-0.39, 0.29) is 24.6 Å². The fourth-order valence-corrected chi connectivity index (χ4v) is 2.48. The van der Waals surface area contributed by atoms with E-state index in [9.17, 15) is 4.79 Å². The van der Waals surface area contributed by atoms with Crippen LogP contribution < -0.4 is 5.32 Å². The van der Waals surface area contributed by atoms with E-state index in [4.69, 9.17) is 9.47 Å². The van der Waals surface area contributed by atoms with Crippen molar-refractivity contribution in [3.05, 3.63) is 42.2 Å². The second-order valence-electron chi connectivity index (χ2n) is 5.38. The van der Waals surface area contributed by atoms with Crippen LogP contribution in [0.15, 0.2) is 36.7 Å². The normalized spacial score (nSPS) is 21.0. The van der Waals surface area contributed by atoms with Crippen LogP contribution in [0.5, 0.6) is 0 Å². The zero-order valence-corrected chi connectivity index (χ0v) is 12.7. The standard InChI is InChI=1S/C15H19N5O3/c21-15(8-20-11-16-18-19-20)17-13-10-22-7-6-14(13)23-9-12-4-2-1-3-5-12/h1-5,11,13-14H,6-10H2,(H,17,21)/t13-,14+/m1/s1. The molecule has 2 aromatic rings. The van der Waals surface area contributed by atoms with E-state index < -0.39 is 0 Å². The van der Waals surface area contributed by atoms with Crippen molar-refractivity contribution in [2.24, 2.45) is 0 Å². The SMILES string of the molecule is O=C(Cn1cnnn1)N[C@@H]1COCC[C@@H]1OCc1ccccc1. The molecule has 0 unspecified atom stereocenters. The van der Waals surface area contributed by atoms with Gasteiger partial charge in [-0.15, -0.1) is 5.10 Å². The number of nitrogens with one attached hydrogen (secondary N) is 1. The summed E-state index contributed by atoms with van der Waals surface area (Å²) in [5, 5.41) is 13.6. The van der Waals surface area contributed by atoms with E-state index in [1.807, 2.05) is 30.3 Å². The number of carbonyl (C=O) groups is 1. The Hall–Kier alpha value is -2.32. The van der Waals surface area contributed by atoms with Crippen LogP contribution in [-0.2, 0) is 27.4 Å². The Labute approximate surface area is 133 Å². The molecule has 0 aliphatic carbocycles. The molecule has 8 nitrogen and oxygen atoms in total. The zero-order valence-electron chi connectivity index (χ0n) is 12.7. The number of hydrogen-bond donors (Lipinski definition) is 1. The van der Waals surface area contributed by atoms with Gasteiger partial charge < -0.3 is 14.8 Å².